The second kappa shape index (κ2) is 7.19. The molecule has 1 atom stereocenters. The summed E-state index contributed by atoms with van der Waals surface area (Å²) in [5, 5.41) is -3.65. The van der Waals surface area contributed by atoms with Gasteiger partial charge in [-0.1, -0.05) is 0 Å². The molecule has 0 aromatic carbocycles. The van der Waals surface area contributed by atoms with E-state index in [-0.39, 0.29) is 0 Å². The van der Waals surface area contributed by atoms with Crippen LogP contribution in [0.15, 0.2) is 11.2 Å². The summed E-state index contributed by atoms with van der Waals surface area (Å²) < 4.78 is 187. The molecule has 0 aromatic rings. The third-order valence-electron chi connectivity index (χ3n) is 2.44. The molecule has 0 saturated heterocycles. The first-order chi connectivity index (χ1) is 11.5. The van der Waals surface area contributed by atoms with Gasteiger partial charge in [0.05, 0.1) is 0 Å². The van der Waals surface area contributed by atoms with Gasteiger partial charge in [0.2, 0.25) is 0 Å². The van der Waals surface area contributed by atoms with Crippen LogP contribution in [0.4, 0.5) is 52.7 Å². The van der Waals surface area contributed by atoms with Gasteiger partial charge >= 0.3 is 51.3 Å². The van der Waals surface area contributed by atoms with Gasteiger partial charge in [0.1, 0.15) is 6.61 Å². The lowest BCUT2D eigenvalue weighted by Crippen LogP contribution is -2.60. The van der Waals surface area contributed by atoms with Crippen molar-refractivity contribution in [2.75, 3.05) is 6.61 Å². The summed E-state index contributed by atoms with van der Waals surface area (Å²) in [4.78, 5) is 0. The lowest BCUT2D eigenvalue weighted by molar-refractivity contribution is -0.456. The topological polar surface area (TPSA) is 72.8 Å². The zero-order valence-electron chi connectivity index (χ0n) is 12.2. The molecule has 162 valence electrons. The van der Waals surface area contributed by atoms with E-state index >= 15 is 0 Å². The van der Waals surface area contributed by atoms with E-state index in [0.29, 0.717) is 0 Å². The van der Waals surface area contributed by atoms with Gasteiger partial charge in [0, 0.05) is 6.92 Å². The zero-order chi connectivity index (χ0) is 22.3. The predicted molar refractivity (Wildman–Crippen MR) is 58.2 cm³/mol. The summed E-state index contributed by atoms with van der Waals surface area (Å²) in [7, 11) is -6.57. The van der Waals surface area contributed by atoms with Crippen LogP contribution < -0.4 is 0 Å². The Balaban J connectivity index is 6.12. The highest BCUT2D eigenvalue weighted by Crippen LogP contribution is 2.49. The van der Waals surface area contributed by atoms with E-state index < -0.39 is 64.8 Å². The van der Waals surface area contributed by atoms with Gasteiger partial charge in [-0.05, 0) is 0 Å². The second-order valence-electron chi connectivity index (χ2n) is 4.62. The molecule has 0 aliphatic heterocycles. The van der Waals surface area contributed by atoms with Gasteiger partial charge in [-0.25, -0.2) is 8.78 Å². The van der Waals surface area contributed by atoms with Crippen LogP contribution in [0.1, 0.15) is 6.92 Å². The lowest BCUT2D eigenvalue weighted by atomic mass is 10.2. The van der Waals surface area contributed by atoms with E-state index in [1.54, 1.807) is 0 Å². The Hall–Kier alpha value is -1.43. The number of alkyl halides is 10. The van der Waals surface area contributed by atoms with Crippen LogP contribution >= 0.6 is 0 Å². The molecule has 0 spiro atoms. The first-order valence-electron chi connectivity index (χ1n) is 5.74. The van der Waals surface area contributed by atoms with E-state index in [0.717, 1.165) is 0 Å². The zero-order valence-corrected chi connectivity index (χ0v) is 13.0. The smallest absolute Gasteiger partial charge is 0.426 e. The fourth-order valence-corrected chi connectivity index (χ4v) is 1.41. The highest BCUT2D eigenvalue weighted by atomic mass is 32.2. The van der Waals surface area contributed by atoms with Crippen LogP contribution in [0, 0.1) is 0 Å². The van der Waals surface area contributed by atoms with Crippen molar-refractivity contribution in [3.05, 3.63) is 11.2 Å². The Kier molecular flexibility index (Phi) is 6.81. The van der Waals surface area contributed by atoms with Crippen molar-refractivity contribution < 1.29 is 75.1 Å². The van der Waals surface area contributed by atoms with Crippen LogP contribution in [-0.2, 0) is 19.6 Å². The number of halogens is 12. The van der Waals surface area contributed by atoms with Crippen LogP contribution in [0.3, 0.4) is 0 Å². The minimum atomic E-state index is -7.16. The lowest BCUT2D eigenvalue weighted by Gasteiger charge is -2.34. The number of hydrogen-bond donors (Lipinski definition) is 1. The molecule has 0 aromatic heterocycles. The van der Waals surface area contributed by atoms with Gasteiger partial charge in [-0.15, -0.1) is 0 Å². The fourth-order valence-electron chi connectivity index (χ4n) is 1.000. The summed E-state index contributed by atoms with van der Waals surface area (Å²) in [6.07, 6.45) is -17.9. The molecule has 0 amide bonds. The summed E-state index contributed by atoms with van der Waals surface area (Å²) >= 11 is 0. The molecule has 0 bridgehead atoms. The minimum absolute atomic E-state index is 0.574. The van der Waals surface area contributed by atoms with Crippen molar-refractivity contribution in [2.24, 2.45) is 0 Å². The molecule has 1 N–H and O–H groups in total. The first kappa shape index (κ1) is 25.6. The number of hydrogen-bond acceptors (Lipinski definition) is 4. The molecule has 0 radical (unpaired) electrons. The van der Waals surface area contributed by atoms with Crippen LogP contribution in [0.5, 0.6) is 0 Å². The van der Waals surface area contributed by atoms with Gasteiger partial charge in [-0.3, -0.25) is 4.55 Å². The summed E-state index contributed by atoms with van der Waals surface area (Å²) in [5.74, 6) is -17.7. The standard InChI is InChI=1S/C9H6F12O5S/c1-5(12,13)6(14,15)2-25-9(20,21)7(16,8(17,18)19)26-4(3(10)11)27(22,23)24/h2H2,1H3,(H,22,23,24). The maximum Gasteiger partial charge on any atom is 0.470 e. The highest BCUT2D eigenvalue weighted by molar-refractivity contribution is 7.89. The third kappa shape index (κ3) is 5.53. The largest absolute Gasteiger partial charge is 0.470 e. The van der Waals surface area contributed by atoms with Crippen molar-refractivity contribution in [2.45, 2.75) is 36.9 Å². The fraction of sp³-hybridized carbons (Fsp3) is 0.778. The Bertz CT molecular complexity index is 674. The highest BCUT2D eigenvalue weighted by Gasteiger charge is 2.77. The summed E-state index contributed by atoms with van der Waals surface area (Å²) in [5.41, 5.74) is 0. The minimum Gasteiger partial charge on any atom is -0.426 e. The molecule has 27 heavy (non-hydrogen) atoms. The van der Waals surface area contributed by atoms with Gasteiger partial charge in [0.25, 0.3) is 0 Å². The van der Waals surface area contributed by atoms with Crippen LogP contribution in [0.2, 0.25) is 0 Å². The molecule has 0 saturated carbocycles. The molecule has 1 unspecified atom stereocenters. The van der Waals surface area contributed by atoms with E-state index in [1.807, 2.05) is 0 Å². The van der Waals surface area contributed by atoms with E-state index in [1.165, 1.54) is 0 Å². The summed E-state index contributed by atoms with van der Waals surface area (Å²) in [6, 6.07) is 0. The van der Waals surface area contributed by atoms with Gasteiger partial charge in [-0.2, -0.15) is 52.3 Å². The predicted octanol–water partition coefficient (Wildman–Crippen LogP) is 4.08. The summed E-state index contributed by atoms with van der Waals surface area (Å²) in [6.45, 7) is -3.85. The number of ether oxygens (including phenoxy) is 2. The number of rotatable bonds is 8. The Morgan fingerprint density at radius 3 is 1.59 bits per heavy atom. The van der Waals surface area contributed by atoms with Crippen molar-refractivity contribution >= 4 is 10.1 Å². The molecule has 5 nitrogen and oxygen atoms in total. The molecule has 18 heteroatoms. The SMILES string of the molecule is CC(F)(F)C(F)(F)COC(F)(F)C(F)(OC(=C(F)F)S(=O)(=O)O)C(F)(F)F. The van der Waals surface area contributed by atoms with E-state index in [4.69, 9.17) is 4.55 Å². The first-order valence-corrected chi connectivity index (χ1v) is 7.18. The Morgan fingerprint density at radius 1 is 0.926 bits per heavy atom. The molecule has 0 aliphatic rings. The van der Waals surface area contributed by atoms with E-state index in [9.17, 15) is 61.1 Å². The van der Waals surface area contributed by atoms with Crippen molar-refractivity contribution in [1.82, 2.24) is 0 Å². The second-order valence-corrected chi connectivity index (χ2v) is 5.94. The quantitative estimate of drug-likeness (QED) is 0.340. The maximum absolute atomic E-state index is 13.7. The van der Waals surface area contributed by atoms with E-state index in [2.05, 4.69) is 9.47 Å². The monoisotopic (exact) mass is 454 g/mol. The van der Waals surface area contributed by atoms with Crippen LogP contribution in [-0.4, -0.2) is 49.6 Å². The molecule has 0 aliphatic carbocycles. The molecule has 0 heterocycles. The average Bonchev–Trinajstić information content (AvgIpc) is 2.38. The maximum atomic E-state index is 13.7. The Labute approximate surface area is 141 Å². The average molecular weight is 454 g/mol. The molecule has 0 fully saturated rings. The van der Waals surface area contributed by atoms with Crippen molar-refractivity contribution in [3.8, 4) is 0 Å². The van der Waals surface area contributed by atoms with Crippen LogP contribution in [0.25, 0.3) is 0 Å². The van der Waals surface area contributed by atoms with Crippen molar-refractivity contribution in [3.63, 3.8) is 0 Å². The molecular weight excluding hydrogens is 448 g/mol. The van der Waals surface area contributed by atoms with Gasteiger partial charge in [0.15, 0.2) is 0 Å². The molecular formula is C9H6F12O5S. The van der Waals surface area contributed by atoms with Gasteiger partial charge < -0.3 is 9.47 Å². The normalized spacial score (nSPS) is 16.7. The third-order valence-corrected chi connectivity index (χ3v) is 3.14. The van der Waals surface area contributed by atoms with Crippen molar-refractivity contribution in [1.29, 1.82) is 0 Å². The molecule has 0 rings (SSSR count). The Morgan fingerprint density at radius 2 is 1.33 bits per heavy atom.